The molecule has 0 aromatic rings. The number of carbonyl (C=O) groups excluding carboxylic acids is 1. The molecule has 0 saturated heterocycles. The predicted molar refractivity (Wildman–Crippen MR) is 71.3 cm³/mol. The van der Waals surface area contributed by atoms with Crippen LogP contribution in [0.2, 0.25) is 0 Å². The first kappa shape index (κ1) is 16.7. The van der Waals surface area contributed by atoms with Gasteiger partial charge in [0, 0.05) is 20.3 Å². The average Bonchev–Trinajstić information content (AvgIpc) is 2.72. The smallest absolute Gasteiger partial charge is 0.236 e. The van der Waals surface area contributed by atoms with Gasteiger partial charge in [0.05, 0.1) is 6.04 Å². The molecule has 5 heteroatoms. The molecule has 0 radical (unpaired) electrons. The van der Waals surface area contributed by atoms with Crippen molar-refractivity contribution in [2.24, 2.45) is 11.1 Å². The number of nitrogens with two attached hydrogens (primary N) is 1. The number of methoxy groups -OCH3 is 1. The van der Waals surface area contributed by atoms with Gasteiger partial charge in [0.1, 0.15) is 0 Å². The summed E-state index contributed by atoms with van der Waals surface area (Å²) in [6.45, 7) is 3.23. The number of rotatable bonds is 6. The molecule has 0 bridgehead atoms. The van der Waals surface area contributed by atoms with E-state index in [0.717, 1.165) is 19.6 Å². The lowest BCUT2D eigenvalue weighted by molar-refractivity contribution is -0.122. The van der Waals surface area contributed by atoms with E-state index in [-0.39, 0.29) is 23.7 Å². The van der Waals surface area contributed by atoms with Crippen LogP contribution < -0.4 is 11.1 Å². The molecule has 0 aromatic carbocycles. The van der Waals surface area contributed by atoms with Crippen LogP contribution in [0.3, 0.4) is 0 Å². The van der Waals surface area contributed by atoms with Gasteiger partial charge >= 0.3 is 0 Å². The Morgan fingerprint density at radius 2 is 2.06 bits per heavy atom. The summed E-state index contributed by atoms with van der Waals surface area (Å²) < 4.78 is 5.15. The van der Waals surface area contributed by atoms with Gasteiger partial charge < -0.3 is 15.8 Å². The maximum absolute atomic E-state index is 11.4. The zero-order valence-corrected chi connectivity index (χ0v) is 11.6. The summed E-state index contributed by atoms with van der Waals surface area (Å²) in [6.07, 6.45) is 5.93. The van der Waals surface area contributed by atoms with Crippen LogP contribution in [0.25, 0.3) is 0 Å². The van der Waals surface area contributed by atoms with Crippen molar-refractivity contribution in [3.05, 3.63) is 0 Å². The number of carbonyl (C=O) groups is 1. The van der Waals surface area contributed by atoms with Crippen LogP contribution >= 0.6 is 12.4 Å². The van der Waals surface area contributed by atoms with Gasteiger partial charge in [-0.15, -0.1) is 12.4 Å². The van der Waals surface area contributed by atoms with E-state index in [4.69, 9.17) is 10.5 Å². The summed E-state index contributed by atoms with van der Waals surface area (Å²) in [5.41, 5.74) is 5.78. The monoisotopic (exact) mass is 264 g/mol. The first-order valence-electron chi connectivity index (χ1n) is 6.12. The molecule has 3 N–H and O–H groups in total. The molecule has 0 unspecified atom stereocenters. The van der Waals surface area contributed by atoms with E-state index in [1.54, 1.807) is 14.0 Å². The number of ether oxygens (including phenoxy) is 1. The van der Waals surface area contributed by atoms with Crippen molar-refractivity contribution >= 4 is 18.3 Å². The quantitative estimate of drug-likeness (QED) is 0.764. The zero-order chi connectivity index (χ0) is 12.0. The topological polar surface area (TPSA) is 64.3 Å². The van der Waals surface area contributed by atoms with Crippen molar-refractivity contribution in [1.82, 2.24) is 5.32 Å². The van der Waals surface area contributed by atoms with Gasteiger partial charge in [-0.3, -0.25) is 4.79 Å². The fourth-order valence-corrected chi connectivity index (χ4v) is 2.39. The summed E-state index contributed by atoms with van der Waals surface area (Å²) in [6, 6.07) is -0.416. The van der Waals surface area contributed by atoms with E-state index >= 15 is 0 Å². The molecule has 0 heterocycles. The van der Waals surface area contributed by atoms with Crippen molar-refractivity contribution < 1.29 is 9.53 Å². The minimum absolute atomic E-state index is 0. The fraction of sp³-hybridized carbons (Fsp3) is 0.917. The third-order valence-electron chi connectivity index (χ3n) is 3.55. The molecule has 0 aliphatic heterocycles. The Morgan fingerprint density at radius 1 is 1.47 bits per heavy atom. The predicted octanol–water partition coefficient (Wildman–Crippen LogP) is 1.47. The number of nitrogens with one attached hydrogen (secondary N) is 1. The normalized spacial score (nSPS) is 19.5. The Balaban J connectivity index is 0.00000256. The second-order valence-electron chi connectivity index (χ2n) is 4.96. The van der Waals surface area contributed by atoms with Crippen molar-refractivity contribution in [3.8, 4) is 0 Å². The summed E-state index contributed by atoms with van der Waals surface area (Å²) in [4.78, 5) is 11.4. The largest absolute Gasteiger partial charge is 0.385 e. The van der Waals surface area contributed by atoms with E-state index in [2.05, 4.69) is 5.32 Å². The summed E-state index contributed by atoms with van der Waals surface area (Å²) in [5.74, 6) is -0.0521. The van der Waals surface area contributed by atoms with Crippen molar-refractivity contribution in [3.63, 3.8) is 0 Å². The van der Waals surface area contributed by atoms with E-state index < -0.39 is 6.04 Å². The maximum Gasteiger partial charge on any atom is 0.236 e. The molecule has 1 rings (SSSR count). The van der Waals surface area contributed by atoms with Crippen LogP contribution in [0.5, 0.6) is 0 Å². The summed E-state index contributed by atoms with van der Waals surface area (Å²) >= 11 is 0. The van der Waals surface area contributed by atoms with Gasteiger partial charge in [0.2, 0.25) is 5.91 Å². The maximum atomic E-state index is 11.4. The first-order valence-corrected chi connectivity index (χ1v) is 6.12. The average molecular weight is 265 g/mol. The Bertz CT molecular complexity index is 229. The highest BCUT2D eigenvalue weighted by atomic mass is 35.5. The summed E-state index contributed by atoms with van der Waals surface area (Å²) in [5, 5.41) is 2.95. The molecule has 1 atom stereocenters. The highest BCUT2D eigenvalue weighted by Crippen LogP contribution is 2.40. The second kappa shape index (κ2) is 7.90. The molecule has 1 aliphatic rings. The van der Waals surface area contributed by atoms with Gasteiger partial charge in [-0.1, -0.05) is 12.8 Å². The standard InChI is InChI=1S/C12H24N2O2.ClH/c1-10(13)11(15)14-9-12(7-8-16-2)5-3-4-6-12;/h10H,3-9,13H2,1-2H3,(H,14,15);1H/t10-;/m0./s1. The highest BCUT2D eigenvalue weighted by molar-refractivity contribution is 5.85. The molecule has 102 valence electrons. The molecule has 0 spiro atoms. The SMILES string of the molecule is COCCC1(CNC(=O)[C@H](C)N)CCCC1.Cl. The molecule has 1 fully saturated rings. The Hall–Kier alpha value is -0.320. The second-order valence-corrected chi connectivity index (χ2v) is 4.96. The van der Waals surface area contributed by atoms with Crippen molar-refractivity contribution in [2.75, 3.05) is 20.3 Å². The molecule has 0 aromatic heterocycles. The Kier molecular flexibility index (Phi) is 7.75. The summed E-state index contributed by atoms with van der Waals surface area (Å²) in [7, 11) is 1.73. The van der Waals surface area contributed by atoms with Gasteiger partial charge in [-0.25, -0.2) is 0 Å². The van der Waals surface area contributed by atoms with E-state index in [0.29, 0.717) is 0 Å². The molecule has 1 amide bonds. The fourth-order valence-electron chi connectivity index (χ4n) is 2.39. The lowest BCUT2D eigenvalue weighted by atomic mass is 9.83. The molecular weight excluding hydrogens is 240 g/mol. The molecule has 1 aliphatic carbocycles. The van der Waals surface area contributed by atoms with Crippen LogP contribution in [0, 0.1) is 5.41 Å². The highest BCUT2D eigenvalue weighted by Gasteiger charge is 2.33. The van der Waals surface area contributed by atoms with Crippen LogP contribution in [-0.2, 0) is 9.53 Å². The molecular formula is C12H25ClN2O2. The lowest BCUT2D eigenvalue weighted by Crippen LogP contribution is -2.43. The number of amides is 1. The number of hydrogen-bond donors (Lipinski definition) is 2. The lowest BCUT2D eigenvalue weighted by Gasteiger charge is -2.29. The van der Waals surface area contributed by atoms with E-state index in [1.807, 2.05) is 0 Å². The van der Waals surface area contributed by atoms with E-state index in [9.17, 15) is 4.79 Å². The van der Waals surface area contributed by atoms with Crippen LogP contribution in [0.1, 0.15) is 39.0 Å². The third-order valence-corrected chi connectivity index (χ3v) is 3.55. The number of halogens is 1. The van der Waals surface area contributed by atoms with Crippen molar-refractivity contribution in [2.45, 2.75) is 45.1 Å². The van der Waals surface area contributed by atoms with E-state index in [1.165, 1.54) is 25.7 Å². The van der Waals surface area contributed by atoms with Gasteiger partial charge in [0.25, 0.3) is 0 Å². The van der Waals surface area contributed by atoms with Crippen LogP contribution in [0.15, 0.2) is 0 Å². The minimum atomic E-state index is -0.416. The van der Waals surface area contributed by atoms with Gasteiger partial charge in [0.15, 0.2) is 0 Å². The Morgan fingerprint density at radius 3 is 2.53 bits per heavy atom. The van der Waals surface area contributed by atoms with Crippen molar-refractivity contribution in [1.29, 1.82) is 0 Å². The zero-order valence-electron chi connectivity index (χ0n) is 10.8. The van der Waals surface area contributed by atoms with Gasteiger partial charge in [-0.2, -0.15) is 0 Å². The third kappa shape index (κ3) is 5.23. The van der Waals surface area contributed by atoms with Gasteiger partial charge in [-0.05, 0) is 31.6 Å². The molecule has 4 nitrogen and oxygen atoms in total. The molecule has 1 saturated carbocycles. The van der Waals surface area contributed by atoms with Crippen LogP contribution in [0.4, 0.5) is 0 Å². The van der Waals surface area contributed by atoms with Crippen LogP contribution in [-0.4, -0.2) is 32.2 Å². The first-order chi connectivity index (χ1) is 7.59. The number of hydrogen-bond acceptors (Lipinski definition) is 3. The minimum Gasteiger partial charge on any atom is -0.385 e. The molecule has 17 heavy (non-hydrogen) atoms. The Labute approximate surface area is 110 Å².